The molecule has 15 atom stereocenters. The fourth-order valence-electron chi connectivity index (χ4n) is 13.8. The van der Waals surface area contributed by atoms with E-state index in [1.165, 1.54) is 74.9 Å². The highest BCUT2D eigenvalue weighted by Crippen LogP contribution is 2.47. The number of aromatic carboxylic acids is 3. The molecular formula is C80H80FN15O24. The number of carboxylic acid groups (broad SMARTS) is 3. The van der Waals surface area contributed by atoms with E-state index in [4.69, 9.17) is 47.4 Å². The van der Waals surface area contributed by atoms with Crippen LogP contribution in [0.15, 0.2) is 203 Å². The molecule has 626 valence electrons. The molecule has 15 rings (SSSR count). The highest BCUT2D eigenvalue weighted by molar-refractivity contribution is 6.05. The number of carboxylic acids is 3. The quantitative estimate of drug-likeness (QED) is 0.0318. The summed E-state index contributed by atoms with van der Waals surface area (Å²) in [7, 11) is 0. The van der Waals surface area contributed by atoms with E-state index in [0.717, 1.165) is 23.3 Å². The van der Waals surface area contributed by atoms with Crippen LogP contribution in [0, 0.1) is 5.82 Å². The number of rotatable bonds is 25. The zero-order valence-corrected chi connectivity index (χ0v) is 63.9. The van der Waals surface area contributed by atoms with Crippen molar-refractivity contribution in [2.75, 3.05) is 48.7 Å². The van der Waals surface area contributed by atoms with Gasteiger partial charge >= 0.3 is 53.1 Å². The first-order chi connectivity index (χ1) is 58.1. The van der Waals surface area contributed by atoms with Crippen molar-refractivity contribution in [2.45, 2.75) is 126 Å². The fourth-order valence-corrected chi connectivity index (χ4v) is 13.8. The van der Waals surface area contributed by atoms with Gasteiger partial charge in [-0.2, -0.15) is 15.0 Å². The molecule has 0 aliphatic carbocycles. The molecule has 6 fully saturated rings. The molecule has 5 aromatic carbocycles. The van der Waals surface area contributed by atoms with Gasteiger partial charge in [0, 0.05) is 74.2 Å². The van der Waals surface area contributed by atoms with Gasteiger partial charge in [0.15, 0.2) is 43.7 Å². The number of halogens is 1. The van der Waals surface area contributed by atoms with Gasteiger partial charge in [-0.15, -0.1) is 0 Å². The Kier molecular flexibility index (Phi) is 27.3. The van der Waals surface area contributed by atoms with Crippen LogP contribution in [0.25, 0.3) is 0 Å². The van der Waals surface area contributed by atoms with Crippen LogP contribution in [0.2, 0.25) is 0 Å². The van der Waals surface area contributed by atoms with E-state index >= 15 is 0 Å². The number of carbonyl (C=O) groups is 8. The van der Waals surface area contributed by atoms with Gasteiger partial charge in [0.25, 0.3) is 11.8 Å². The van der Waals surface area contributed by atoms with Crippen molar-refractivity contribution in [1.29, 1.82) is 0 Å². The molecular weight excluding hydrogens is 1570 g/mol. The van der Waals surface area contributed by atoms with Gasteiger partial charge in [0.05, 0.1) is 41.2 Å². The molecule has 3 unspecified atom stereocenters. The predicted molar refractivity (Wildman–Crippen MR) is 414 cm³/mol. The Balaban J connectivity index is 0.000000156. The minimum Gasteiger partial charge on any atom is -0.478 e. The summed E-state index contributed by atoms with van der Waals surface area (Å²) < 4.78 is 79.1. The van der Waals surface area contributed by atoms with Gasteiger partial charge in [-0.05, 0) is 74.9 Å². The SMILES string of the molecule is CCNC(=O)Nc1ccn([C@@H]2O[C@H](C(=O)NCc3ccccc3C(=O)O)C3O[C@H](c4ccccc4)O[C@@H]32)c(=O)n1.CCNC(=O)Nc1ccn([C@@H]2O[C@H](CNC(=O)c3c(F)cccc3C(=O)O)C3O[C@H](c4ccccc4)O[C@@H]32)c(=O)n1.CCNC(=O)Nc1ccn([C@@H]2O[C@H](COCc3ncccc3C(=O)O)C3O[C@H](c4ccccc4)O[C@@H]32)c(=O)n1. The molecule has 10 heterocycles. The second kappa shape index (κ2) is 38.8. The monoisotopic (exact) mass is 1650 g/mol. The Morgan fingerprint density at radius 1 is 0.433 bits per heavy atom. The summed E-state index contributed by atoms with van der Waals surface area (Å²) in [6.45, 7) is 6.15. The molecule has 120 heavy (non-hydrogen) atoms. The largest absolute Gasteiger partial charge is 0.478 e. The van der Waals surface area contributed by atoms with E-state index in [0.29, 0.717) is 30.8 Å². The van der Waals surface area contributed by atoms with Crippen molar-refractivity contribution < 1.29 is 105 Å². The normalized spacial score (nSPS) is 23.4. The van der Waals surface area contributed by atoms with Gasteiger partial charge < -0.3 is 89.3 Å². The number of nitrogens with one attached hydrogen (secondary N) is 8. The van der Waals surface area contributed by atoms with E-state index in [9.17, 15) is 72.4 Å². The Hall–Kier alpha value is -13.4. The van der Waals surface area contributed by atoms with Gasteiger partial charge in [0.1, 0.15) is 72.1 Å². The van der Waals surface area contributed by atoms with Crippen molar-refractivity contribution in [1.82, 2.24) is 60.2 Å². The third-order valence-electron chi connectivity index (χ3n) is 19.2. The minimum absolute atomic E-state index is 0.0250. The summed E-state index contributed by atoms with van der Waals surface area (Å²) >= 11 is 0. The van der Waals surface area contributed by atoms with Crippen molar-refractivity contribution in [3.05, 3.63) is 276 Å². The number of aromatic nitrogens is 7. The van der Waals surface area contributed by atoms with Crippen LogP contribution in [0.4, 0.5) is 36.2 Å². The smallest absolute Gasteiger partial charge is 0.351 e. The Labute approximate surface area is 679 Å². The van der Waals surface area contributed by atoms with Crippen molar-refractivity contribution in [2.24, 2.45) is 0 Å². The Bertz CT molecular complexity index is 5410. The lowest BCUT2D eigenvalue weighted by Crippen LogP contribution is -2.42. The summed E-state index contributed by atoms with van der Waals surface area (Å²) in [5.74, 6) is -6.03. The summed E-state index contributed by atoms with van der Waals surface area (Å²) in [6.07, 6.45) is -6.85. The summed E-state index contributed by atoms with van der Waals surface area (Å²) in [6, 6.07) is 43.0. The van der Waals surface area contributed by atoms with E-state index in [1.807, 2.05) is 78.9 Å². The van der Waals surface area contributed by atoms with Crippen LogP contribution in [-0.2, 0) is 65.3 Å². The number of hydrogen-bond donors (Lipinski definition) is 11. The maximum absolute atomic E-state index is 14.4. The fraction of sp³-hybridized carbons (Fsp3) is 0.312. The zero-order valence-electron chi connectivity index (χ0n) is 63.9. The summed E-state index contributed by atoms with van der Waals surface area (Å²) in [4.78, 5) is 151. The number of pyridine rings is 1. The second-order valence-corrected chi connectivity index (χ2v) is 27.0. The molecule has 6 aliphatic heterocycles. The molecule has 8 amide bonds. The van der Waals surface area contributed by atoms with Crippen LogP contribution >= 0.6 is 0 Å². The first-order valence-corrected chi connectivity index (χ1v) is 37.7. The first kappa shape index (κ1) is 84.5. The zero-order chi connectivity index (χ0) is 84.7. The number of amides is 8. The van der Waals surface area contributed by atoms with Gasteiger partial charge in [-0.3, -0.25) is 44.2 Å². The van der Waals surface area contributed by atoms with Crippen LogP contribution in [0.3, 0.4) is 0 Å². The van der Waals surface area contributed by atoms with Crippen molar-refractivity contribution >= 4 is 65.3 Å². The third kappa shape index (κ3) is 19.7. The van der Waals surface area contributed by atoms with Crippen LogP contribution in [0.1, 0.15) is 128 Å². The van der Waals surface area contributed by atoms with E-state index < -0.39 is 174 Å². The summed E-state index contributed by atoms with van der Waals surface area (Å²) in [5.41, 5.74) is -0.200. The molecule has 6 saturated heterocycles. The van der Waals surface area contributed by atoms with Crippen LogP contribution in [-0.4, -0.2) is 184 Å². The van der Waals surface area contributed by atoms with Crippen LogP contribution in [0.5, 0.6) is 0 Å². The predicted octanol–water partition coefficient (Wildman–Crippen LogP) is 5.89. The van der Waals surface area contributed by atoms with Crippen LogP contribution < -0.4 is 59.6 Å². The molecule has 0 saturated carbocycles. The molecule has 4 aromatic heterocycles. The molecule has 40 heteroatoms. The lowest BCUT2D eigenvalue weighted by molar-refractivity contribution is -0.162. The number of fused-ring (bicyclic) bond motifs is 3. The molecule has 0 bridgehead atoms. The maximum Gasteiger partial charge on any atom is 0.351 e. The number of hydrogen-bond acceptors (Lipinski definition) is 25. The molecule has 0 spiro atoms. The average molecular weight is 1650 g/mol. The third-order valence-corrected chi connectivity index (χ3v) is 19.2. The van der Waals surface area contributed by atoms with Gasteiger partial charge in [-0.1, -0.05) is 115 Å². The van der Waals surface area contributed by atoms with Gasteiger partial charge in [-0.25, -0.2) is 47.5 Å². The molecule has 0 radical (unpaired) electrons. The van der Waals surface area contributed by atoms with Crippen molar-refractivity contribution in [3.63, 3.8) is 0 Å². The van der Waals surface area contributed by atoms with E-state index in [1.54, 1.807) is 57.2 Å². The lowest BCUT2D eigenvalue weighted by atomic mass is 10.1. The van der Waals surface area contributed by atoms with Gasteiger partial charge in [0.2, 0.25) is 0 Å². The first-order valence-electron chi connectivity index (χ1n) is 37.7. The second-order valence-electron chi connectivity index (χ2n) is 27.0. The van der Waals surface area contributed by atoms with E-state index in [-0.39, 0.29) is 60.6 Å². The molecule has 11 N–H and O–H groups in total. The average Bonchev–Trinajstić information content (AvgIpc) is 1.61. The molecule has 6 aliphatic rings. The highest BCUT2D eigenvalue weighted by atomic mass is 19.1. The lowest BCUT2D eigenvalue weighted by Gasteiger charge is -2.22. The number of benzene rings is 5. The molecule has 9 aromatic rings. The number of carbonyl (C=O) groups excluding carboxylic acids is 5. The maximum atomic E-state index is 14.4. The highest BCUT2D eigenvalue weighted by Gasteiger charge is 2.58. The standard InChI is InChI=1S/C27H26FN5O8.C27H27N5O8.C26H27N5O8/c1-2-29-26(37)31-18-11-12-33(27(38)32-18)23-21-20(40-25(41-21)14-7-4-3-5-8-14)17(39-23)13-30-22(34)19-15(24(35)36)9-6-10-16(19)28;1-2-28-26(36)30-18-12-13-32(27(37)31-18)23-21-19(39-25(40-21)15-8-4-3-5-9-15)20(38-23)22(33)29-14-16-10-6-7-11-17(16)24(34)35;1-2-27-25(34)29-19-10-12-31(26(35)30-19)22-21-20(38-24(39-21)15-7-4-3-5-8-15)18(37-22)14-36-13-17-16(23(32)33)9-6-11-28-17/h3-12,17,20-21,23,25H,2,13H2,1H3,(H,30,34)(H,35,36)(H2,29,31,32,37,38);3-13,19-21,23,25H,2,14H2,1H3,(H,29,33)(H,34,35)(H2,28,30,31,36,37);3-12,18,20-22,24H,2,13-14H2,1H3,(H,32,33)(H2,27,29,30,34,35)/t17-,20?,21+,23-,25+;19?,20-,21-,23+,25-;18-,20?,21+,22-,24+/m101/s1. The number of urea groups is 3. The van der Waals surface area contributed by atoms with Crippen molar-refractivity contribution in [3.8, 4) is 0 Å². The Morgan fingerprint density at radius 3 is 1.31 bits per heavy atom. The number of anilines is 3. The Morgan fingerprint density at radius 2 is 0.842 bits per heavy atom. The topological polar surface area (TPSA) is 503 Å². The van der Waals surface area contributed by atoms with E-state index in [2.05, 4.69) is 62.5 Å². The number of nitrogens with zero attached hydrogens (tertiary/aromatic N) is 7. The number of ether oxygens (including phenoxy) is 10. The minimum atomic E-state index is -1.46. The summed E-state index contributed by atoms with van der Waals surface area (Å²) in [5, 5.41) is 48.5. The molecule has 39 nitrogen and oxygen atoms in total.